The van der Waals surface area contributed by atoms with Crippen LogP contribution in [0.1, 0.15) is 20.7 Å². The highest BCUT2D eigenvalue weighted by Crippen LogP contribution is 2.17. The number of carbonyl (C=O) groups is 2. The van der Waals surface area contributed by atoms with Crippen molar-refractivity contribution >= 4 is 27.6 Å². The number of anilines is 1. The van der Waals surface area contributed by atoms with E-state index in [-0.39, 0.29) is 21.7 Å². The molecule has 0 aliphatic rings. The number of carboxylic acids is 1. The third kappa shape index (κ3) is 3.86. The number of methoxy groups -OCH3 is 1. The highest BCUT2D eigenvalue weighted by molar-refractivity contribution is 7.92. The first-order chi connectivity index (χ1) is 10.8. The maximum atomic E-state index is 12.2. The number of hydrogen-bond donors (Lipinski definition) is 2. The van der Waals surface area contributed by atoms with Crippen molar-refractivity contribution in [2.45, 2.75) is 4.90 Å². The molecular weight excluding hydrogens is 322 g/mol. The lowest BCUT2D eigenvalue weighted by Gasteiger charge is -2.09. The first kappa shape index (κ1) is 16.5. The van der Waals surface area contributed by atoms with Gasteiger partial charge in [0.15, 0.2) is 0 Å². The van der Waals surface area contributed by atoms with Crippen LogP contribution in [0.5, 0.6) is 0 Å². The molecule has 120 valence electrons. The van der Waals surface area contributed by atoms with Crippen molar-refractivity contribution in [3.63, 3.8) is 0 Å². The molecule has 7 nitrogen and oxygen atoms in total. The Hall–Kier alpha value is -2.87. The number of carboxylic acid groups (broad SMARTS) is 1. The van der Waals surface area contributed by atoms with Gasteiger partial charge in [0.2, 0.25) is 0 Å². The fourth-order valence-corrected chi connectivity index (χ4v) is 2.84. The summed E-state index contributed by atoms with van der Waals surface area (Å²) in [4.78, 5) is 22.0. The van der Waals surface area contributed by atoms with Crippen molar-refractivity contribution in [1.29, 1.82) is 0 Å². The van der Waals surface area contributed by atoms with Crippen LogP contribution in [0.2, 0.25) is 0 Å². The van der Waals surface area contributed by atoms with Gasteiger partial charge in [0.1, 0.15) is 0 Å². The van der Waals surface area contributed by atoms with Gasteiger partial charge in [0.25, 0.3) is 10.0 Å². The zero-order valence-corrected chi connectivity index (χ0v) is 12.8. The normalized spacial score (nSPS) is 10.8. The van der Waals surface area contributed by atoms with Crippen LogP contribution in [-0.4, -0.2) is 32.6 Å². The molecule has 0 aromatic heterocycles. The van der Waals surface area contributed by atoms with Crippen molar-refractivity contribution in [2.24, 2.45) is 0 Å². The molecule has 0 saturated heterocycles. The van der Waals surface area contributed by atoms with E-state index < -0.39 is 22.0 Å². The van der Waals surface area contributed by atoms with Gasteiger partial charge in [-0.05, 0) is 48.5 Å². The van der Waals surface area contributed by atoms with Gasteiger partial charge >= 0.3 is 11.9 Å². The summed E-state index contributed by atoms with van der Waals surface area (Å²) >= 11 is 0. The molecule has 2 aromatic rings. The predicted octanol–water partition coefficient (Wildman–Crippen LogP) is 1.97. The predicted molar refractivity (Wildman–Crippen MR) is 82.0 cm³/mol. The third-order valence-electron chi connectivity index (χ3n) is 2.97. The van der Waals surface area contributed by atoms with Crippen LogP contribution in [0.4, 0.5) is 5.69 Å². The van der Waals surface area contributed by atoms with E-state index in [4.69, 9.17) is 5.11 Å². The van der Waals surface area contributed by atoms with E-state index in [1.807, 2.05) is 0 Å². The molecule has 0 spiro atoms. The minimum Gasteiger partial charge on any atom is -0.478 e. The van der Waals surface area contributed by atoms with Gasteiger partial charge in [-0.3, -0.25) is 4.72 Å². The van der Waals surface area contributed by atoms with Gasteiger partial charge in [-0.2, -0.15) is 0 Å². The van der Waals surface area contributed by atoms with Crippen LogP contribution in [0.3, 0.4) is 0 Å². The Balaban J connectivity index is 2.21. The number of nitrogens with one attached hydrogen (secondary N) is 1. The second-order valence-electron chi connectivity index (χ2n) is 4.50. The molecule has 8 heteroatoms. The van der Waals surface area contributed by atoms with Crippen molar-refractivity contribution in [2.75, 3.05) is 11.8 Å². The molecule has 23 heavy (non-hydrogen) atoms. The fourth-order valence-electron chi connectivity index (χ4n) is 1.78. The molecule has 0 bridgehead atoms. The topological polar surface area (TPSA) is 110 Å². The van der Waals surface area contributed by atoms with E-state index in [0.717, 1.165) is 0 Å². The van der Waals surface area contributed by atoms with Crippen molar-refractivity contribution < 1.29 is 27.9 Å². The number of esters is 1. The maximum Gasteiger partial charge on any atom is 0.337 e. The zero-order valence-electron chi connectivity index (χ0n) is 12.0. The lowest BCUT2D eigenvalue weighted by Crippen LogP contribution is -2.13. The SMILES string of the molecule is COC(=O)c1ccc(S(=O)(=O)Nc2ccc(C(=O)O)cc2)cc1. The highest BCUT2D eigenvalue weighted by Gasteiger charge is 2.15. The third-order valence-corrected chi connectivity index (χ3v) is 4.37. The minimum absolute atomic E-state index is 0.0348. The van der Waals surface area contributed by atoms with E-state index in [0.29, 0.717) is 0 Å². The molecule has 2 rings (SSSR count). The van der Waals surface area contributed by atoms with E-state index in [9.17, 15) is 18.0 Å². The van der Waals surface area contributed by atoms with E-state index >= 15 is 0 Å². The molecule has 0 atom stereocenters. The first-order valence-corrected chi connectivity index (χ1v) is 7.86. The Morgan fingerprint density at radius 2 is 1.48 bits per heavy atom. The molecule has 0 unspecified atom stereocenters. The lowest BCUT2D eigenvalue weighted by molar-refractivity contribution is 0.0599. The lowest BCUT2D eigenvalue weighted by atomic mass is 10.2. The maximum absolute atomic E-state index is 12.2. The molecule has 0 heterocycles. The Bertz CT molecular complexity index is 825. The average molecular weight is 335 g/mol. The molecule has 2 aromatic carbocycles. The van der Waals surface area contributed by atoms with Gasteiger partial charge in [0, 0.05) is 5.69 Å². The van der Waals surface area contributed by atoms with Gasteiger partial charge in [-0.15, -0.1) is 0 Å². The second kappa shape index (κ2) is 6.49. The molecule has 0 amide bonds. The molecular formula is C15H13NO6S. The average Bonchev–Trinajstić information content (AvgIpc) is 2.54. The van der Waals surface area contributed by atoms with Crippen LogP contribution in [-0.2, 0) is 14.8 Å². The summed E-state index contributed by atoms with van der Waals surface area (Å²) in [5.74, 6) is -1.66. The summed E-state index contributed by atoms with van der Waals surface area (Å²) in [5.41, 5.74) is 0.514. The van der Waals surface area contributed by atoms with Crippen LogP contribution >= 0.6 is 0 Å². The quantitative estimate of drug-likeness (QED) is 0.809. The van der Waals surface area contributed by atoms with Gasteiger partial charge < -0.3 is 9.84 Å². The largest absolute Gasteiger partial charge is 0.478 e. The molecule has 2 N–H and O–H groups in total. The minimum atomic E-state index is -3.85. The Morgan fingerprint density at radius 1 is 0.957 bits per heavy atom. The number of ether oxygens (including phenoxy) is 1. The smallest absolute Gasteiger partial charge is 0.337 e. The zero-order chi connectivity index (χ0) is 17.0. The Kier molecular flexibility index (Phi) is 4.65. The van der Waals surface area contributed by atoms with E-state index in [1.54, 1.807) is 0 Å². The number of aromatic carboxylic acids is 1. The Labute approximate surface area is 132 Å². The second-order valence-corrected chi connectivity index (χ2v) is 6.19. The molecule has 0 radical (unpaired) electrons. The van der Waals surface area contributed by atoms with Crippen LogP contribution < -0.4 is 4.72 Å². The standard InChI is InChI=1S/C15H13NO6S/c1-22-15(19)11-4-8-13(9-5-11)23(20,21)16-12-6-2-10(3-7-12)14(17)18/h2-9,16H,1H3,(H,17,18). The summed E-state index contributed by atoms with van der Waals surface area (Å²) in [5, 5.41) is 8.80. The number of hydrogen-bond acceptors (Lipinski definition) is 5. The molecule has 0 fully saturated rings. The number of rotatable bonds is 5. The van der Waals surface area contributed by atoms with E-state index in [2.05, 4.69) is 9.46 Å². The first-order valence-electron chi connectivity index (χ1n) is 6.38. The monoisotopic (exact) mass is 335 g/mol. The van der Waals surface area contributed by atoms with Crippen LogP contribution in [0.15, 0.2) is 53.4 Å². The number of benzene rings is 2. The van der Waals surface area contributed by atoms with Gasteiger partial charge in [-0.25, -0.2) is 18.0 Å². The highest BCUT2D eigenvalue weighted by atomic mass is 32.2. The van der Waals surface area contributed by atoms with Gasteiger partial charge in [0.05, 0.1) is 23.1 Å². The van der Waals surface area contributed by atoms with Gasteiger partial charge in [-0.1, -0.05) is 0 Å². The Morgan fingerprint density at radius 3 is 1.96 bits per heavy atom. The van der Waals surface area contributed by atoms with Crippen LogP contribution in [0.25, 0.3) is 0 Å². The molecule has 0 aliphatic carbocycles. The summed E-state index contributed by atoms with van der Waals surface area (Å²) in [6.07, 6.45) is 0. The fraction of sp³-hybridized carbons (Fsp3) is 0.0667. The summed E-state index contributed by atoms with van der Waals surface area (Å²) < 4.78 is 31.3. The summed E-state index contributed by atoms with van der Waals surface area (Å²) in [6.45, 7) is 0. The summed E-state index contributed by atoms with van der Waals surface area (Å²) in [7, 11) is -2.61. The molecule has 0 saturated carbocycles. The number of sulfonamides is 1. The van der Waals surface area contributed by atoms with Crippen molar-refractivity contribution in [3.8, 4) is 0 Å². The summed E-state index contributed by atoms with van der Waals surface area (Å²) in [6, 6.07) is 10.5. The van der Waals surface area contributed by atoms with E-state index in [1.165, 1.54) is 55.6 Å². The van der Waals surface area contributed by atoms with Crippen LogP contribution in [0, 0.1) is 0 Å². The van der Waals surface area contributed by atoms with Crippen molar-refractivity contribution in [1.82, 2.24) is 0 Å². The van der Waals surface area contributed by atoms with Crippen molar-refractivity contribution in [3.05, 3.63) is 59.7 Å². The number of carbonyl (C=O) groups excluding carboxylic acids is 1. The molecule has 0 aliphatic heterocycles.